The van der Waals surface area contributed by atoms with Crippen LogP contribution in [0.5, 0.6) is 11.5 Å². The van der Waals surface area contributed by atoms with Crippen LogP contribution in [0.25, 0.3) is 6.08 Å². The quantitative estimate of drug-likeness (QED) is 0.331. The van der Waals surface area contributed by atoms with E-state index in [4.69, 9.17) is 32.7 Å². The summed E-state index contributed by atoms with van der Waals surface area (Å²) in [5.74, 6) is 1.53. The van der Waals surface area contributed by atoms with Crippen LogP contribution in [0.1, 0.15) is 11.1 Å². The predicted octanol–water partition coefficient (Wildman–Crippen LogP) is 6.15. The number of pyridine rings is 1. The number of nitrogens with one attached hydrogen (secondary N) is 3. The van der Waals surface area contributed by atoms with Gasteiger partial charge in [0.25, 0.3) is 0 Å². The summed E-state index contributed by atoms with van der Waals surface area (Å²) in [6, 6.07) is 10.6. The SMILES string of the molecule is CNc1cc(Cl)c(Cl)cc1NC(=O)/C=C/c1cccnc1Nc1cc(C)c(OC)c(OC)c1. The molecule has 0 aliphatic heterocycles. The van der Waals surface area contributed by atoms with Crippen LogP contribution in [0.3, 0.4) is 0 Å². The number of aromatic nitrogens is 1. The number of hydrogen-bond acceptors (Lipinski definition) is 6. The van der Waals surface area contributed by atoms with E-state index >= 15 is 0 Å². The number of nitrogens with zero attached hydrogens (tertiary/aromatic N) is 1. The van der Waals surface area contributed by atoms with Gasteiger partial charge in [0.05, 0.1) is 35.6 Å². The van der Waals surface area contributed by atoms with E-state index in [1.54, 1.807) is 51.7 Å². The Hall–Kier alpha value is -3.42. The topological polar surface area (TPSA) is 84.5 Å². The third kappa shape index (κ3) is 5.88. The van der Waals surface area contributed by atoms with Crippen molar-refractivity contribution in [1.82, 2.24) is 4.98 Å². The Labute approximate surface area is 202 Å². The zero-order valence-corrected chi connectivity index (χ0v) is 20.1. The summed E-state index contributed by atoms with van der Waals surface area (Å²) in [5, 5.41) is 9.80. The number of ether oxygens (including phenoxy) is 2. The molecule has 1 aromatic heterocycles. The van der Waals surface area contributed by atoms with Crippen molar-refractivity contribution in [3.63, 3.8) is 0 Å². The van der Waals surface area contributed by atoms with Gasteiger partial charge in [-0.15, -0.1) is 0 Å². The van der Waals surface area contributed by atoms with Crippen molar-refractivity contribution in [2.45, 2.75) is 6.92 Å². The average molecular weight is 487 g/mol. The molecule has 0 fully saturated rings. The number of aryl methyl sites for hydroxylation is 1. The highest BCUT2D eigenvalue weighted by atomic mass is 35.5. The smallest absolute Gasteiger partial charge is 0.248 e. The van der Waals surface area contributed by atoms with Gasteiger partial charge in [-0.3, -0.25) is 4.79 Å². The lowest BCUT2D eigenvalue weighted by Gasteiger charge is -2.14. The number of anilines is 4. The second kappa shape index (κ2) is 10.9. The van der Waals surface area contributed by atoms with Crippen LogP contribution >= 0.6 is 23.2 Å². The van der Waals surface area contributed by atoms with Gasteiger partial charge in [0.2, 0.25) is 5.91 Å². The molecule has 3 aromatic rings. The molecule has 0 saturated carbocycles. The second-order valence-electron chi connectivity index (χ2n) is 6.98. The minimum atomic E-state index is -0.332. The minimum absolute atomic E-state index is 0.332. The highest BCUT2D eigenvalue weighted by molar-refractivity contribution is 6.42. The lowest BCUT2D eigenvalue weighted by Crippen LogP contribution is -2.10. The summed E-state index contributed by atoms with van der Waals surface area (Å²) in [6.07, 6.45) is 4.76. The number of amides is 1. The van der Waals surface area contributed by atoms with E-state index in [1.807, 2.05) is 25.1 Å². The largest absolute Gasteiger partial charge is 0.493 e. The number of halogens is 2. The van der Waals surface area contributed by atoms with Gasteiger partial charge < -0.3 is 25.4 Å². The van der Waals surface area contributed by atoms with Crippen LogP contribution in [0.15, 0.2) is 48.7 Å². The molecule has 0 atom stereocenters. The molecular weight excluding hydrogens is 463 g/mol. The summed E-state index contributed by atoms with van der Waals surface area (Å²) in [4.78, 5) is 16.9. The number of carbonyl (C=O) groups is 1. The van der Waals surface area contributed by atoms with E-state index in [-0.39, 0.29) is 5.91 Å². The Bertz CT molecular complexity index is 1200. The Balaban J connectivity index is 1.81. The molecule has 0 aliphatic rings. The van der Waals surface area contributed by atoms with E-state index in [9.17, 15) is 4.79 Å². The van der Waals surface area contributed by atoms with Gasteiger partial charge in [0, 0.05) is 36.6 Å². The van der Waals surface area contributed by atoms with Gasteiger partial charge in [-0.1, -0.05) is 23.2 Å². The van der Waals surface area contributed by atoms with Crippen LogP contribution < -0.4 is 25.4 Å². The second-order valence-corrected chi connectivity index (χ2v) is 7.79. The maximum Gasteiger partial charge on any atom is 0.248 e. The molecule has 172 valence electrons. The van der Waals surface area contributed by atoms with E-state index in [1.165, 1.54) is 6.08 Å². The highest BCUT2D eigenvalue weighted by Crippen LogP contribution is 2.35. The van der Waals surface area contributed by atoms with Crippen molar-refractivity contribution in [2.24, 2.45) is 0 Å². The zero-order chi connectivity index (χ0) is 24.0. The van der Waals surface area contributed by atoms with E-state index in [0.717, 1.165) is 16.8 Å². The maximum atomic E-state index is 12.5. The molecule has 3 rings (SSSR count). The third-order valence-electron chi connectivity index (χ3n) is 4.77. The summed E-state index contributed by atoms with van der Waals surface area (Å²) in [5.41, 5.74) is 3.58. The lowest BCUT2D eigenvalue weighted by molar-refractivity contribution is -0.111. The molecule has 9 heteroatoms. The Morgan fingerprint density at radius 1 is 1.06 bits per heavy atom. The molecule has 0 aliphatic carbocycles. The summed E-state index contributed by atoms with van der Waals surface area (Å²) < 4.78 is 10.8. The molecule has 3 N–H and O–H groups in total. The molecule has 33 heavy (non-hydrogen) atoms. The fraction of sp³-hybridized carbons (Fsp3) is 0.167. The van der Waals surface area contributed by atoms with Crippen molar-refractivity contribution < 1.29 is 14.3 Å². The van der Waals surface area contributed by atoms with Crippen molar-refractivity contribution >= 4 is 58.1 Å². The van der Waals surface area contributed by atoms with Crippen LogP contribution in [-0.4, -0.2) is 32.2 Å². The molecule has 1 heterocycles. The number of hydrogen-bond donors (Lipinski definition) is 3. The van der Waals surface area contributed by atoms with Crippen LogP contribution in [0, 0.1) is 6.92 Å². The summed E-state index contributed by atoms with van der Waals surface area (Å²) in [6.45, 7) is 1.93. The van der Waals surface area contributed by atoms with Crippen molar-refractivity contribution in [3.05, 3.63) is 69.8 Å². The normalized spacial score (nSPS) is 10.7. The number of benzene rings is 2. The number of methoxy groups -OCH3 is 2. The summed E-state index contributed by atoms with van der Waals surface area (Å²) in [7, 11) is 4.92. The van der Waals surface area contributed by atoms with Gasteiger partial charge in [-0.2, -0.15) is 0 Å². The van der Waals surface area contributed by atoms with E-state index in [2.05, 4.69) is 20.9 Å². The first-order valence-corrected chi connectivity index (χ1v) is 10.7. The molecule has 0 radical (unpaired) electrons. The van der Waals surface area contributed by atoms with Crippen molar-refractivity contribution in [2.75, 3.05) is 37.2 Å². The number of rotatable bonds is 8. The highest BCUT2D eigenvalue weighted by Gasteiger charge is 2.12. The first kappa shape index (κ1) is 24.2. The Morgan fingerprint density at radius 2 is 1.79 bits per heavy atom. The molecule has 0 unspecified atom stereocenters. The van der Waals surface area contributed by atoms with Crippen LogP contribution in [-0.2, 0) is 4.79 Å². The predicted molar refractivity (Wildman–Crippen MR) is 135 cm³/mol. The molecular formula is C24H24Cl2N4O3. The molecule has 0 spiro atoms. The van der Waals surface area contributed by atoms with Crippen LogP contribution in [0.2, 0.25) is 10.0 Å². The van der Waals surface area contributed by atoms with Gasteiger partial charge in [-0.25, -0.2) is 4.98 Å². The zero-order valence-electron chi connectivity index (χ0n) is 18.6. The first-order chi connectivity index (χ1) is 15.9. The average Bonchev–Trinajstić information content (AvgIpc) is 2.80. The fourth-order valence-electron chi connectivity index (χ4n) is 3.22. The van der Waals surface area contributed by atoms with E-state index in [0.29, 0.717) is 38.7 Å². The standard InChI is InChI=1S/C24H24Cl2N4O3/c1-14-10-16(11-21(32-3)23(14)33-4)29-24-15(6-5-9-28-24)7-8-22(31)30-20-13-18(26)17(25)12-19(20)27-2/h5-13,27H,1-4H3,(H,28,29)(H,30,31)/b8-7+. The minimum Gasteiger partial charge on any atom is -0.493 e. The van der Waals surface area contributed by atoms with E-state index < -0.39 is 0 Å². The monoisotopic (exact) mass is 486 g/mol. The summed E-state index contributed by atoms with van der Waals surface area (Å²) >= 11 is 12.1. The van der Waals surface area contributed by atoms with Crippen molar-refractivity contribution in [3.8, 4) is 11.5 Å². The maximum absolute atomic E-state index is 12.5. The van der Waals surface area contributed by atoms with Gasteiger partial charge >= 0.3 is 0 Å². The Kier molecular flexibility index (Phi) is 8.03. The van der Waals surface area contributed by atoms with Crippen LogP contribution in [0.4, 0.5) is 22.9 Å². The molecule has 7 nitrogen and oxygen atoms in total. The molecule has 2 aromatic carbocycles. The van der Waals surface area contributed by atoms with Crippen molar-refractivity contribution in [1.29, 1.82) is 0 Å². The lowest BCUT2D eigenvalue weighted by atomic mass is 10.1. The Morgan fingerprint density at radius 3 is 2.45 bits per heavy atom. The fourth-order valence-corrected chi connectivity index (χ4v) is 3.54. The third-order valence-corrected chi connectivity index (χ3v) is 5.49. The molecule has 0 saturated heterocycles. The molecule has 1 amide bonds. The van der Waals surface area contributed by atoms with Gasteiger partial charge in [0.1, 0.15) is 5.82 Å². The molecule has 0 bridgehead atoms. The van der Waals surface area contributed by atoms with Gasteiger partial charge in [-0.05, 0) is 48.9 Å². The first-order valence-electron chi connectivity index (χ1n) is 9.96. The number of carbonyl (C=O) groups excluding carboxylic acids is 1. The van der Waals surface area contributed by atoms with Gasteiger partial charge in [0.15, 0.2) is 11.5 Å².